The van der Waals surface area contributed by atoms with Crippen LogP contribution in [0.1, 0.15) is 116 Å². The summed E-state index contributed by atoms with van der Waals surface area (Å²) in [5.74, 6) is 1.38. The van der Waals surface area contributed by atoms with Crippen LogP contribution in [0.5, 0.6) is 0 Å². The van der Waals surface area contributed by atoms with E-state index in [0.29, 0.717) is 12.3 Å². The molecule has 1 saturated heterocycles. The van der Waals surface area contributed by atoms with E-state index >= 15 is 0 Å². The number of aryl methyl sites for hydroxylation is 2. The highest BCUT2D eigenvalue weighted by molar-refractivity contribution is 6.00. The molecule has 2 unspecified atom stereocenters. The lowest BCUT2D eigenvalue weighted by Crippen LogP contribution is -2.42. The number of aromatic nitrogens is 2. The maximum atomic E-state index is 12.5. The van der Waals surface area contributed by atoms with Crippen molar-refractivity contribution in [3.8, 4) is 0 Å². The summed E-state index contributed by atoms with van der Waals surface area (Å²) in [4.78, 5) is 15.0. The Morgan fingerprint density at radius 3 is 2.40 bits per heavy atom. The molecule has 0 amide bonds. The molecule has 0 bridgehead atoms. The standard InChI is InChI=1S/C25H40N2O.C17H27N3/c1-9-18(4)13-12-14-24-23(17-26-27(24)8)21(7)16-22(25(28)11-3)15-20(6)19(5)10-2;1-4-5-15(3)19-17-7-6-16(12-14(17)2)13-20-10-8-18-9-11-20/h15-19H,7,9-14H2,1-6,8H3;6-7,12,18-19H,3-5,8-11,13H2,1-2H3/b20-15-,22-16+;. The summed E-state index contributed by atoms with van der Waals surface area (Å²) in [5.41, 5.74) is 10.1. The van der Waals surface area contributed by atoms with Crippen LogP contribution in [0.3, 0.4) is 0 Å². The van der Waals surface area contributed by atoms with Crippen LogP contribution < -0.4 is 10.6 Å². The van der Waals surface area contributed by atoms with E-state index in [9.17, 15) is 4.79 Å². The van der Waals surface area contributed by atoms with Crippen molar-refractivity contribution >= 4 is 17.0 Å². The number of ketones is 1. The van der Waals surface area contributed by atoms with E-state index in [-0.39, 0.29) is 5.78 Å². The largest absolute Gasteiger partial charge is 0.359 e. The predicted octanol–water partition coefficient (Wildman–Crippen LogP) is 9.83. The van der Waals surface area contributed by atoms with E-state index in [4.69, 9.17) is 0 Å². The molecule has 0 aliphatic carbocycles. The SMILES string of the molecule is C=C(/C=C(\C=C(\C)C(C)CC)C(=O)CC)c1cnn(C)c1CCCC(C)CC.C=C(CCC)Nc1ccc(CN2CCNCC2)cc1C. The fourth-order valence-corrected chi connectivity index (χ4v) is 5.88. The molecule has 48 heavy (non-hydrogen) atoms. The van der Waals surface area contributed by atoms with E-state index in [1.54, 1.807) is 0 Å². The Kier molecular flexibility index (Phi) is 18.5. The van der Waals surface area contributed by atoms with Gasteiger partial charge in [-0.25, -0.2) is 0 Å². The Hall–Kier alpha value is -3.22. The molecule has 1 aliphatic rings. The van der Waals surface area contributed by atoms with Gasteiger partial charge in [-0.1, -0.05) is 97.7 Å². The Morgan fingerprint density at radius 1 is 1.08 bits per heavy atom. The van der Waals surface area contributed by atoms with Gasteiger partial charge in [-0.15, -0.1) is 0 Å². The van der Waals surface area contributed by atoms with Crippen LogP contribution in [-0.2, 0) is 24.8 Å². The van der Waals surface area contributed by atoms with Gasteiger partial charge in [-0.05, 0) is 80.2 Å². The number of hydrogen-bond donors (Lipinski definition) is 2. The van der Waals surface area contributed by atoms with Gasteiger partial charge in [0.25, 0.3) is 0 Å². The molecule has 1 fully saturated rings. The van der Waals surface area contributed by atoms with Gasteiger partial charge < -0.3 is 10.6 Å². The Morgan fingerprint density at radius 2 is 1.79 bits per heavy atom. The molecule has 1 aromatic heterocycles. The van der Waals surface area contributed by atoms with Crippen molar-refractivity contribution in [3.63, 3.8) is 0 Å². The molecular weight excluding hydrogens is 590 g/mol. The maximum absolute atomic E-state index is 12.5. The lowest BCUT2D eigenvalue weighted by molar-refractivity contribution is -0.115. The number of nitrogens with zero attached hydrogens (tertiary/aromatic N) is 3. The first-order chi connectivity index (χ1) is 22.9. The average molecular weight is 658 g/mol. The second kappa shape index (κ2) is 21.7. The number of piperazine rings is 1. The first-order valence-electron chi connectivity index (χ1n) is 18.5. The highest BCUT2D eigenvalue weighted by Crippen LogP contribution is 2.25. The topological polar surface area (TPSA) is 62.2 Å². The van der Waals surface area contributed by atoms with Gasteiger partial charge in [0.15, 0.2) is 5.78 Å². The average Bonchev–Trinajstić information content (AvgIpc) is 3.45. The molecule has 6 heteroatoms. The van der Waals surface area contributed by atoms with Crippen molar-refractivity contribution in [2.24, 2.45) is 18.9 Å². The number of nitrogens with one attached hydrogen (secondary N) is 2. The molecule has 2 atom stereocenters. The zero-order valence-corrected chi connectivity index (χ0v) is 32.0. The van der Waals surface area contributed by atoms with Gasteiger partial charge in [0, 0.05) is 74.4 Å². The molecule has 2 heterocycles. The van der Waals surface area contributed by atoms with Crippen molar-refractivity contribution in [3.05, 3.63) is 88.9 Å². The quantitative estimate of drug-likeness (QED) is 0.123. The summed E-state index contributed by atoms with van der Waals surface area (Å²) in [6.07, 6.45) is 14.2. The number of anilines is 1. The lowest BCUT2D eigenvalue weighted by Gasteiger charge is -2.27. The molecule has 6 nitrogen and oxygen atoms in total. The summed E-state index contributed by atoms with van der Waals surface area (Å²) in [6, 6.07) is 6.72. The Labute approximate surface area is 293 Å². The normalized spacial score (nSPS) is 15.4. The summed E-state index contributed by atoms with van der Waals surface area (Å²) < 4.78 is 1.95. The second-order valence-electron chi connectivity index (χ2n) is 13.8. The number of rotatable bonds is 18. The van der Waals surface area contributed by atoms with Crippen LogP contribution in [-0.4, -0.2) is 46.6 Å². The molecule has 0 saturated carbocycles. The van der Waals surface area contributed by atoms with Crippen molar-refractivity contribution in [2.75, 3.05) is 31.5 Å². The molecule has 0 radical (unpaired) electrons. The Bertz CT molecular complexity index is 1370. The van der Waals surface area contributed by atoms with Gasteiger partial charge in [0.2, 0.25) is 0 Å². The molecular formula is C42H67N5O. The number of Topliss-reactive ketones (excluding diaryl/α,β-unsaturated/α-hetero) is 1. The third-order valence-corrected chi connectivity index (χ3v) is 9.73. The monoisotopic (exact) mass is 658 g/mol. The van der Waals surface area contributed by atoms with Crippen LogP contribution >= 0.6 is 0 Å². The first-order valence-corrected chi connectivity index (χ1v) is 18.5. The molecule has 266 valence electrons. The fraction of sp³-hybridized carbons (Fsp3) is 0.571. The van der Waals surface area contributed by atoms with Gasteiger partial charge in [-0.3, -0.25) is 14.4 Å². The van der Waals surface area contributed by atoms with Crippen molar-refractivity contribution in [1.82, 2.24) is 20.0 Å². The van der Waals surface area contributed by atoms with E-state index in [0.717, 1.165) is 93.2 Å². The number of benzene rings is 1. The number of hydrogen-bond acceptors (Lipinski definition) is 5. The molecule has 2 aromatic rings. The van der Waals surface area contributed by atoms with Crippen molar-refractivity contribution < 1.29 is 4.79 Å². The van der Waals surface area contributed by atoms with Crippen molar-refractivity contribution in [1.29, 1.82) is 0 Å². The Balaban J connectivity index is 0.000000351. The molecule has 2 N–H and O–H groups in total. The number of carbonyl (C=O) groups excluding carboxylic acids is 1. The van der Waals surface area contributed by atoms with E-state index in [1.807, 2.05) is 37.0 Å². The van der Waals surface area contributed by atoms with Crippen LogP contribution in [0, 0.1) is 18.8 Å². The maximum Gasteiger partial charge on any atom is 0.162 e. The first kappa shape index (κ1) is 41.0. The van der Waals surface area contributed by atoms with Gasteiger partial charge >= 0.3 is 0 Å². The zero-order chi connectivity index (χ0) is 35.6. The zero-order valence-electron chi connectivity index (χ0n) is 32.0. The summed E-state index contributed by atoms with van der Waals surface area (Å²) in [5, 5.41) is 11.3. The van der Waals surface area contributed by atoms with Crippen LogP contribution in [0.4, 0.5) is 5.69 Å². The minimum absolute atomic E-state index is 0.158. The summed E-state index contributed by atoms with van der Waals surface area (Å²) in [7, 11) is 1.99. The molecule has 1 aliphatic heterocycles. The van der Waals surface area contributed by atoms with Crippen molar-refractivity contribution in [2.45, 2.75) is 113 Å². The third-order valence-electron chi connectivity index (χ3n) is 9.73. The summed E-state index contributed by atoms with van der Waals surface area (Å²) >= 11 is 0. The lowest BCUT2D eigenvalue weighted by atomic mass is 9.94. The highest BCUT2D eigenvalue weighted by Gasteiger charge is 2.14. The van der Waals surface area contributed by atoms with Gasteiger partial charge in [-0.2, -0.15) is 5.10 Å². The van der Waals surface area contributed by atoms with E-state index in [1.165, 1.54) is 40.9 Å². The molecule has 0 spiro atoms. The summed E-state index contributed by atoms with van der Waals surface area (Å²) in [6.45, 7) is 31.2. The van der Waals surface area contributed by atoms with E-state index < -0.39 is 0 Å². The molecule has 3 rings (SSSR count). The number of carbonyl (C=O) groups is 1. The predicted molar refractivity (Wildman–Crippen MR) is 208 cm³/mol. The van der Waals surface area contributed by atoms with Gasteiger partial charge in [0.05, 0.1) is 6.20 Å². The van der Waals surface area contributed by atoms with E-state index in [2.05, 4.69) is 100 Å². The third kappa shape index (κ3) is 13.7. The second-order valence-corrected chi connectivity index (χ2v) is 13.8. The number of allylic oxidation sites excluding steroid dienone is 6. The van der Waals surface area contributed by atoms with Gasteiger partial charge in [0.1, 0.15) is 0 Å². The van der Waals surface area contributed by atoms with Crippen LogP contribution in [0.15, 0.2) is 66.5 Å². The highest BCUT2D eigenvalue weighted by atomic mass is 16.1. The van der Waals surface area contributed by atoms with Crippen LogP contribution in [0.25, 0.3) is 5.57 Å². The minimum Gasteiger partial charge on any atom is -0.359 e. The minimum atomic E-state index is 0.158. The van der Waals surface area contributed by atoms with Crippen LogP contribution in [0.2, 0.25) is 0 Å². The fourth-order valence-electron chi connectivity index (χ4n) is 5.88. The smallest absolute Gasteiger partial charge is 0.162 e. The molecule has 1 aromatic carbocycles.